The lowest BCUT2D eigenvalue weighted by atomic mass is 10.0. The van der Waals surface area contributed by atoms with Crippen molar-refractivity contribution < 1.29 is 24.4 Å². The summed E-state index contributed by atoms with van der Waals surface area (Å²) in [6.07, 6.45) is 1.16. The van der Waals surface area contributed by atoms with Crippen molar-refractivity contribution in [2.75, 3.05) is 12.3 Å². The Bertz CT molecular complexity index is 810. The molecule has 0 saturated carbocycles. The van der Waals surface area contributed by atoms with Gasteiger partial charge >= 0.3 is 0 Å². The number of anilines is 1. The molecule has 2 aromatic heterocycles. The summed E-state index contributed by atoms with van der Waals surface area (Å²) in [5.41, 5.74) is 6.85. The van der Waals surface area contributed by atoms with Crippen molar-refractivity contribution in [3.8, 4) is 0 Å². The average molecular weight is 379 g/mol. The second kappa shape index (κ2) is 6.95. The molecule has 2 aliphatic heterocycles. The summed E-state index contributed by atoms with van der Waals surface area (Å²) in [6, 6.07) is 0. The Morgan fingerprint density at radius 2 is 1.96 bits per heavy atom. The predicted molar refractivity (Wildman–Crippen MR) is 94.4 cm³/mol. The first-order valence-corrected chi connectivity index (χ1v) is 9.25. The van der Waals surface area contributed by atoms with Crippen LogP contribution in [0.4, 0.5) is 5.82 Å². The Hall–Kier alpha value is -1.85. The summed E-state index contributed by atoms with van der Waals surface area (Å²) in [5.74, 6) is -0.517. The van der Waals surface area contributed by atoms with Crippen LogP contribution in [0.2, 0.25) is 0 Å². The van der Waals surface area contributed by atoms with E-state index in [0.29, 0.717) is 24.0 Å². The molecule has 0 unspecified atom stereocenters. The molecule has 148 valence electrons. The van der Waals surface area contributed by atoms with E-state index in [9.17, 15) is 10.2 Å². The molecule has 0 aromatic carbocycles. The van der Waals surface area contributed by atoms with Gasteiger partial charge in [-0.2, -0.15) is 0 Å². The van der Waals surface area contributed by atoms with Crippen molar-refractivity contribution in [3.63, 3.8) is 0 Å². The number of aromatic nitrogens is 4. The van der Waals surface area contributed by atoms with Gasteiger partial charge in [0.1, 0.15) is 24.1 Å². The fourth-order valence-electron chi connectivity index (χ4n) is 3.89. The fraction of sp³-hybridized carbons (Fsp3) is 0.706. The standard InChI is InChI=1S/C17H25N5O5/c1-3-17(4-2)26-12-10(24)5-9(6-23)25-16(13(12)27-17)22-8-21-11-14(18)19-7-20-15(11)22/h7-10,12-13,16,23-24H,3-6H2,1-2H3,(H2,18,19,20)/t9-,10+,12+,13+,16+/m0/s1. The Morgan fingerprint density at radius 3 is 2.67 bits per heavy atom. The third-order valence-electron chi connectivity index (χ3n) is 5.46. The van der Waals surface area contributed by atoms with E-state index < -0.39 is 36.4 Å². The normalized spacial score (nSPS) is 33.1. The van der Waals surface area contributed by atoms with Gasteiger partial charge in [-0.3, -0.25) is 4.57 Å². The van der Waals surface area contributed by atoms with E-state index >= 15 is 0 Å². The summed E-state index contributed by atoms with van der Waals surface area (Å²) in [7, 11) is 0. The van der Waals surface area contributed by atoms with Crippen LogP contribution < -0.4 is 5.73 Å². The van der Waals surface area contributed by atoms with Gasteiger partial charge in [-0.1, -0.05) is 13.8 Å². The molecule has 0 aliphatic carbocycles. The smallest absolute Gasteiger partial charge is 0.169 e. The van der Waals surface area contributed by atoms with Crippen LogP contribution >= 0.6 is 0 Å². The third kappa shape index (κ3) is 2.97. The van der Waals surface area contributed by atoms with Crippen molar-refractivity contribution in [1.82, 2.24) is 19.5 Å². The Kier molecular flexibility index (Phi) is 4.77. The van der Waals surface area contributed by atoms with Gasteiger partial charge in [0.2, 0.25) is 0 Å². The number of ether oxygens (including phenoxy) is 3. The number of imidazole rings is 1. The lowest BCUT2D eigenvalue weighted by Gasteiger charge is -2.29. The molecule has 4 N–H and O–H groups in total. The van der Waals surface area contributed by atoms with Gasteiger partial charge in [0.25, 0.3) is 0 Å². The second-order valence-electron chi connectivity index (χ2n) is 7.00. The zero-order chi connectivity index (χ0) is 19.2. The van der Waals surface area contributed by atoms with Gasteiger partial charge in [-0.25, -0.2) is 15.0 Å². The molecule has 2 saturated heterocycles. The fourth-order valence-corrected chi connectivity index (χ4v) is 3.89. The molecule has 2 aromatic rings. The monoisotopic (exact) mass is 379 g/mol. The topological polar surface area (TPSA) is 138 Å². The van der Waals surface area contributed by atoms with Crippen LogP contribution in [0.25, 0.3) is 11.2 Å². The van der Waals surface area contributed by atoms with Crippen molar-refractivity contribution in [1.29, 1.82) is 0 Å². The summed E-state index contributed by atoms with van der Waals surface area (Å²) in [5, 5.41) is 20.4. The first-order chi connectivity index (χ1) is 13.0. The van der Waals surface area contributed by atoms with Crippen LogP contribution in [0.15, 0.2) is 12.7 Å². The number of nitrogen functional groups attached to an aromatic ring is 1. The van der Waals surface area contributed by atoms with E-state index in [-0.39, 0.29) is 18.8 Å². The van der Waals surface area contributed by atoms with Crippen molar-refractivity contribution in [2.45, 2.75) is 69.5 Å². The number of aliphatic hydroxyl groups excluding tert-OH is 2. The van der Waals surface area contributed by atoms with E-state index in [1.54, 1.807) is 10.9 Å². The molecule has 2 aliphatic rings. The van der Waals surface area contributed by atoms with E-state index in [4.69, 9.17) is 19.9 Å². The number of rotatable bonds is 4. The van der Waals surface area contributed by atoms with Crippen LogP contribution in [0, 0.1) is 0 Å². The lowest BCUT2D eigenvalue weighted by molar-refractivity contribution is -0.210. The van der Waals surface area contributed by atoms with Crippen LogP contribution in [0.1, 0.15) is 39.3 Å². The first-order valence-electron chi connectivity index (χ1n) is 9.25. The van der Waals surface area contributed by atoms with Crippen LogP contribution in [0.5, 0.6) is 0 Å². The molecule has 0 bridgehead atoms. The van der Waals surface area contributed by atoms with Gasteiger partial charge < -0.3 is 30.2 Å². The van der Waals surface area contributed by atoms with Crippen molar-refractivity contribution >= 4 is 17.0 Å². The number of hydrogen-bond acceptors (Lipinski definition) is 9. The Balaban J connectivity index is 1.79. The van der Waals surface area contributed by atoms with E-state index in [0.717, 1.165) is 0 Å². The summed E-state index contributed by atoms with van der Waals surface area (Å²) < 4.78 is 20.3. The minimum Gasteiger partial charge on any atom is -0.394 e. The highest BCUT2D eigenvalue weighted by Crippen LogP contribution is 2.43. The summed E-state index contributed by atoms with van der Waals surface area (Å²) in [4.78, 5) is 12.5. The Morgan fingerprint density at radius 1 is 1.22 bits per heavy atom. The average Bonchev–Trinajstić information content (AvgIpc) is 3.25. The second-order valence-corrected chi connectivity index (χ2v) is 7.00. The van der Waals surface area contributed by atoms with Crippen molar-refractivity contribution in [2.24, 2.45) is 0 Å². The number of fused-ring (bicyclic) bond motifs is 2. The number of aliphatic hydroxyl groups is 2. The molecule has 0 amide bonds. The molecule has 27 heavy (non-hydrogen) atoms. The SMILES string of the molecule is CCC1(CC)O[C@@H]2[C@H](O1)[C@H](O)C[C@@H](CO)O[C@H]2n1cnc2c(N)ncnc21. The van der Waals surface area contributed by atoms with Crippen LogP contribution in [-0.2, 0) is 14.2 Å². The number of nitrogens with zero attached hydrogens (tertiary/aromatic N) is 4. The molecule has 4 heterocycles. The highest BCUT2D eigenvalue weighted by atomic mass is 16.8. The van der Waals surface area contributed by atoms with Gasteiger partial charge in [-0.15, -0.1) is 0 Å². The molecule has 0 radical (unpaired) electrons. The van der Waals surface area contributed by atoms with E-state index in [1.807, 2.05) is 13.8 Å². The molecule has 0 spiro atoms. The maximum absolute atomic E-state index is 10.7. The summed E-state index contributed by atoms with van der Waals surface area (Å²) >= 11 is 0. The Labute approximate surface area is 156 Å². The quantitative estimate of drug-likeness (QED) is 0.687. The maximum Gasteiger partial charge on any atom is 0.169 e. The molecule has 5 atom stereocenters. The molecular formula is C17H25N5O5. The first kappa shape index (κ1) is 18.5. The minimum atomic E-state index is -0.827. The largest absolute Gasteiger partial charge is 0.394 e. The number of nitrogens with two attached hydrogens (primary N) is 1. The zero-order valence-electron chi connectivity index (χ0n) is 15.4. The van der Waals surface area contributed by atoms with Gasteiger partial charge in [0.15, 0.2) is 23.5 Å². The predicted octanol–water partition coefficient (Wildman–Crippen LogP) is 0.350. The minimum absolute atomic E-state index is 0.233. The highest BCUT2D eigenvalue weighted by Gasteiger charge is 2.54. The lowest BCUT2D eigenvalue weighted by Crippen LogP contribution is -2.38. The summed E-state index contributed by atoms with van der Waals surface area (Å²) in [6.45, 7) is 3.73. The van der Waals surface area contributed by atoms with Gasteiger partial charge in [-0.05, 0) is 12.8 Å². The van der Waals surface area contributed by atoms with E-state index in [2.05, 4.69) is 15.0 Å². The third-order valence-corrected chi connectivity index (χ3v) is 5.46. The van der Waals surface area contributed by atoms with Crippen LogP contribution in [0.3, 0.4) is 0 Å². The van der Waals surface area contributed by atoms with Gasteiger partial charge in [0.05, 0.1) is 25.1 Å². The van der Waals surface area contributed by atoms with Crippen molar-refractivity contribution in [3.05, 3.63) is 12.7 Å². The molecular weight excluding hydrogens is 354 g/mol. The van der Waals surface area contributed by atoms with Crippen LogP contribution in [-0.4, -0.2) is 66.5 Å². The maximum atomic E-state index is 10.7. The molecule has 2 fully saturated rings. The molecule has 10 nitrogen and oxygen atoms in total. The molecule has 10 heteroatoms. The zero-order valence-corrected chi connectivity index (χ0v) is 15.4. The number of hydrogen-bond donors (Lipinski definition) is 3. The highest BCUT2D eigenvalue weighted by molar-refractivity contribution is 5.81. The van der Waals surface area contributed by atoms with E-state index in [1.165, 1.54) is 6.33 Å². The molecule has 4 rings (SSSR count). The van der Waals surface area contributed by atoms with Gasteiger partial charge in [0, 0.05) is 6.42 Å².